The van der Waals surface area contributed by atoms with Gasteiger partial charge in [-0.3, -0.25) is 0 Å². The molecule has 0 aromatic heterocycles. The highest BCUT2D eigenvalue weighted by molar-refractivity contribution is 5.76. The van der Waals surface area contributed by atoms with Crippen LogP contribution in [0.5, 0.6) is 0 Å². The summed E-state index contributed by atoms with van der Waals surface area (Å²) < 4.78 is 26.2. The molecule has 1 unspecified atom stereocenters. The molecule has 0 aromatic carbocycles. The van der Waals surface area contributed by atoms with Crippen LogP contribution in [0.15, 0.2) is 0 Å². The SMILES string of the molecule is O=C(O)[C@@]1(O[C@H]2[C@@H](O)[C@@H](CO)O[C@@H](O[C@@H]3COC(O)[C@H](O)[C@@H]3O)[C@@H]2O)C[C@H](O)[C@@H](O)[C@H]([C@H](O)[C@H](O)CO)O1. The van der Waals surface area contributed by atoms with E-state index in [1.54, 1.807) is 0 Å². The average molecular weight is 562 g/mol. The molecule has 3 saturated heterocycles. The lowest BCUT2D eigenvalue weighted by molar-refractivity contribution is -0.385. The summed E-state index contributed by atoms with van der Waals surface area (Å²) in [4.78, 5) is 12.3. The molecule has 222 valence electrons. The first-order valence-corrected chi connectivity index (χ1v) is 11.6. The summed E-state index contributed by atoms with van der Waals surface area (Å²) in [5.41, 5.74) is 0. The Bertz CT molecular complexity index is 787. The lowest BCUT2D eigenvalue weighted by Crippen LogP contribution is -2.68. The summed E-state index contributed by atoms with van der Waals surface area (Å²) in [5.74, 6) is -4.92. The Labute approximate surface area is 214 Å². The molecule has 0 radical (unpaired) electrons. The lowest BCUT2D eigenvalue weighted by Gasteiger charge is -2.49. The van der Waals surface area contributed by atoms with E-state index in [9.17, 15) is 61.0 Å². The Morgan fingerprint density at radius 2 is 1.61 bits per heavy atom. The summed E-state index contributed by atoms with van der Waals surface area (Å²) in [5, 5.41) is 120. The van der Waals surface area contributed by atoms with Crippen molar-refractivity contribution in [3.05, 3.63) is 0 Å². The second kappa shape index (κ2) is 12.6. The van der Waals surface area contributed by atoms with Crippen molar-refractivity contribution in [3.63, 3.8) is 0 Å². The van der Waals surface area contributed by atoms with E-state index in [0.717, 1.165) is 0 Å². The molecule has 3 heterocycles. The Kier molecular flexibility index (Phi) is 10.4. The van der Waals surface area contributed by atoms with Crippen LogP contribution in [0.4, 0.5) is 0 Å². The summed E-state index contributed by atoms with van der Waals surface area (Å²) in [7, 11) is 0. The highest BCUT2D eigenvalue weighted by Crippen LogP contribution is 2.37. The summed E-state index contributed by atoms with van der Waals surface area (Å²) in [6, 6.07) is 0. The van der Waals surface area contributed by atoms with Gasteiger partial charge in [-0.1, -0.05) is 0 Å². The zero-order chi connectivity index (χ0) is 28.5. The Morgan fingerprint density at radius 3 is 2.18 bits per heavy atom. The summed E-state index contributed by atoms with van der Waals surface area (Å²) >= 11 is 0. The molecule has 12 N–H and O–H groups in total. The van der Waals surface area contributed by atoms with Crippen molar-refractivity contribution in [2.24, 2.45) is 0 Å². The smallest absolute Gasteiger partial charge is 0.364 e. The van der Waals surface area contributed by atoms with Crippen LogP contribution in [-0.4, -0.2) is 179 Å². The van der Waals surface area contributed by atoms with E-state index in [2.05, 4.69) is 0 Å². The van der Waals surface area contributed by atoms with Crippen molar-refractivity contribution in [1.82, 2.24) is 0 Å². The van der Waals surface area contributed by atoms with Crippen LogP contribution >= 0.6 is 0 Å². The molecule has 3 rings (SSSR count). The molecule has 3 aliphatic rings. The first-order chi connectivity index (χ1) is 17.8. The number of aliphatic carboxylic acids is 1. The van der Waals surface area contributed by atoms with E-state index in [-0.39, 0.29) is 0 Å². The molecular weight excluding hydrogens is 528 g/mol. The molecule has 38 heavy (non-hydrogen) atoms. The molecular formula is C20H34O18. The Morgan fingerprint density at radius 1 is 0.947 bits per heavy atom. The van der Waals surface area contributed by atoms with Gasteiger partial charge >= 0.3 is 5.97 Å². The maximum atomic E-state index is 12.3. The standard InChI is InChI=1S/C20H34O18/c21-2-6(24)10(26)15-9(25)5(23)1-20(37-15,19(32)33)38-16-12(28)7(3-22)35-18(14(16)30)36-8-4-34-17(31)13(29)11(8)27/h5-18,21-31H,1-4H2,(H,32,33)/t5-,6+,7+,8+,9+,10+,11+,12-,13+,14+,15+,16-,17?,18-,20-/m0/s1. The number of ether oxygens (including phenoxy) is 5. The van der Waals surface area contributed by atoms with Crippen LogP contribution in [0.25, 0.3) is 0 Å². The number of carboxylic acid groups (broad SMARTS) is 1. The highest BCUT2D eigenvalue weighted by Gasteiger charge is 2.59. The molecule has 18 heteroatoms. The minimum atomic E-state index is -2.97. The van der Waals surface area contributed by atoms with Gasteiger partial charge in [0.15, 0.2) is 12.6 Å². The maximum absolute atomic E-state index is 12.3. The predicted molar refractivity (Wildman–Crippen MR) is 112 cm³/mol. The minimum Gasteiger partial charge on any atom is -0.477 e. The Balaban J connectivity index is 1.87. The molecule has 0 saturated carbocycles. The highest BCUT2D eigenvalue weighted by atomic mass is 16.8. The molecule has 15 atom stereocenters. The van der Waals surface area contributed by atoms with Crippen LogP contribution in [0.3, 0.4) is 0 Å². The van der Waals surface area contributed by atoms with Crippen molar-refractivity contribution in [2.45, 2.75) is 98.0 Å². The zero-order valence-corrected chi connectivity index (χ0v) is 19.7. The van der Waals surface area contributed by atoms with Crippen molar-refractivity contribution < 1.29 is 89.8 Å². The molecule has 3 aliphatic heterocycles. The summed E-state index contributed by atoms with van der Waals surface area (Å²) in [6.45, 7) is -2.43. The number of hydrogen-bond acceptors (Lipinski definition) is 17. The third-order valence-corrected chi connectivity index (χ3v) is 6.69. The molecule has 0 aliphatic carbocycles. The fourth-order valence-electron chi connectivity index (χ4n) is 4.41. The van der Waals surface area contributed by atoms with Crippen molar-refractivity contribution >= 4 is 5.97 Å². The largest absolute Gasteiger partial charge is 0.477 e. The van der Waals surface area contributed by atoms with Crippen LogP contribution in [0.1, 0.15) is 6.42 Å². The predicted octanol–water partition coefficient (Wildman–Crippen LogP) is -7.73. The van der Waals surface area contributed by atoms with Gasteiger partial charge in [0, 0.05) is 6.42 Å². The van der Waals surface area contributed by atoms with Crippen LogP contribution in [-0.2, 0) is 28.5 Å². The van der Waals surface area contributed by atoms with E-state index in [1.165, 1.54) is 0 Å². The monoisotopic (exact) mass is 562 g/mol. The van der Waals surface area contributed by atoms with E-state index in [0.29, 0.717) is 0 Å². The van der Waals surface area contributed by atoms with Crippen molar-refractivity contribution in [2.75, 3.05) is 19.8 Å². The van der Waals surface area contributed by atoms with Gasteiger partial charge in [0.25, 0.3) is 5.79 Å². The van der Waals surface area contributed by atoms with Gasteiger partial charge in [0.05, 0.1) is 25.9 Å². The number of carbonyl (C=O) groups is 1. The zero-order valence-electron chi connectivity index (χ0n) is 19.7. The molecule has 0 bridgehead atoms. The number of hydrogen-bond donors (Lipinski definition) is 12. The molecule has 0 aromatic rings. The van der Waals surface area contributed by atoms with Crippen LogP contribution in [0.2, 0.25) is 0 Å². The fourth-order valence-corrected chi connectivity index (χ4v) is 4.41. The third-order valence-electron chi connectivity index (χ3n) is 6.69. The molecule has 3 fully saturated rings. The van der Waals surface area contributed by atoms with Crippen molar-refractivity contribution in [1.29, 1.82) is 0 Å². The first-order valence-electron chi connectivity index (χ1n) is 11.6. The lowest BCUT2D eigenvalue weighted by atomic mass is 9.90. The van der Waals surface area contributed by atoms with Crippen LogP contribution < -0.4 is 0 Å². The molecule has 0 amide bonds. The Hall–Kier alpha value is -1.17. The van der Waals surface area contributed by atoms with Gasteiger partial charge in [-0.25, -0.2) is 4.79 Å². The first kappa shape index (κ1) is 31.4. The maximum Gasteiger partial charge on any atom is 0.364 e. The molecule has 0 spiro atoms. The van der Waals surface area contributed by atoms with Crippen LogP contribution in [0, 0.1) is 0 Å². The van der Waals surface area contributed by atoms with Gasteiger partial charge in [-0.15, -0.1) is 0 Å². The second-order valence-electron chi connectivity index (χ2n) is 9.31. The second-order valence-corrected chi connectivity index (χ2v) is 9.31. The van der Waals surface area contributed by atoms with Gasteiger partial charge in [0.2, 0.25) is 0 Å². The van der Waals surface area contributed by atoms with Gasteiger partial charge in [0.1, 0.15) is 67.1 Å². The van der Waals surface area contributed by atoms with Gasteiger partial charge < -0.3 is 85.0 Å². The minimum absolute atomic E-state index is 0.497. The number of carboxylic acids is 1. The topological polar surface area (TPSA) is 306 Å². The van der Waals surface area contributed by atoms with E-state index >= 15 is 0 Å². The number of aliphatic hydroxyl groups is 11. The average Bonchev–Trinajstić information content (AvgIpc) is 2.89. The molecule has 18 nitrogen and oxygen atoms in total. The fraction of sp³-hybridized carbons (Fsp3) is 0.950. The van der Waals surface area contributed by atoms with E-state index in [1.807, 2.05) is 0 Å². The number of aliphatic hydroxyl groups excluding tert-OH is 11. The van der Waals surface area contributed by atoms with E-state index < -0.39 is 124 Å². The third kappa shape index (κ3) is 6.10. The summed E-state index contributed by atoms with van der Waals surface area (Å²) in [6.07, 6.45) is -27.2. The number of rotatable bonds is 9. The van der Waals surface area contributed by atoms with Gasteiger partial charge in [-0.2, -0.15) is 0 Å². The van der Waals surface area contributed by atoms with Crippen molar-refractivity contribution in [3.8, 4) is 0 Å². The normalized spacial score (nSPS) is 47.9. The quantitative estimate of drug-likeness (QED) is 0.124. The van der Waals surface area contributed by atoms with Gasteiger partial charge in [-0.05, 0) is 0 Å². The van der Waals surface area contributed by atoms with E-state index in [4.69, 9.17) is 28.8 Å².